The predicted molar refractivity (Wildman–Crippen MR) is 190 cm³/mol. The first-order chi connectivity index (χ1) is 26.1. The van der Waals surface area contributed by atoms with Crippen molar-refractivity contribution in [3.05, 3.63) is 170 Å². The van der Waals surface area contributed by atoms with Gasteiger partial charge in [0, 0.05) is 10.8 Å². The average Bonchev–Trinajstić information content (AvgIpc) is 3.57. The minimum Gasteiger partial charge on any atom is -0.456 e. The van der Waals surface area contributed by atoms with Crippen molar-refractivity contribution in [3.63, 3.8) is 0 Å². The van der Waals surface area contributed by atoms with Gasteiger partial charge in [-0.15, -0.1) is 0 Å². The molecular weight excluding hydrogens is 544 g/mol. The molecule has 0 aliphatic carbocycles. The molecule has 0 radical (unpaired) electrons. The van der Waals surface area contributed by atoms with Crippen molar-refractivity contribution in [1.82, 2.24) is 0 Å². The van der Waals surface area contributed by atoms with Gasteiger partial charge in [0.15, 0.2) is 0 Å². The second kappa shape index (κ2) is 10.4. The molecule has 0 fully saturated rings. The van der Waals surface area contributed by atoms with Gasteiger partial charge in [0.25, 0.3) is 0 Å². The van der Waals surface area contributed by atoms with E-state index in [0.717, 1.165) is 32.7 Å². The lowest BCUT2D eigenvalue weighted by molar-refractivity contribution is 0.669. The molecule has 9 aromatic rings. The zero-order chi connectivity index (χ0) is 37.6. The summed E-state index contributed by atoms with van der Waals surface area (Å²) in [6, 6.07) is 32.8. The van der Waals surface area contributed by atoms with Gasteiger partial charge in [-0.1, -0.05) is 151 Å². The number of furan rings is 1. The highest BCUT2D eigenvalue weighted by Crippen LogP contribution is 2.46. The van der Waals surface area contributed by atoms with Crippen LogP contribution < -0.4 is 0 Å². The van der Waals surface area contributed by atoms with Crippen molar-refractivity contribution < 1.29 is 16.8 Å². The normalized spacial score (nSPS) is 14.4. The number of hydrogen-bond acceptors (Lipinski definition) is 1. The molecule has 1 aromatic heterocycles. The molecule has 1 heteroatoms. The largest absolute Gasteiger partial charge is 0.456 e. The van der Waals surface area contributed by atoms with E-state index in [1.54, 1.807) is 24.3 Å². The first-order valence-electron chi connectivity index (χ1n) is 19.2. The van der Waals surface area contributed by atoms with Gasteiger partial charge >= 0.3 is 0 Å². The van der Waals surface area contributed by atoms with Crippen molar-refractivity contribution >= 4 is 43.5 Å². The molecule has 1 heterocycles. The first-order valence-corrected chi connectivity index (χ1v) is 14.7. The van der Waals surface area contributed by atoms with E-state index in [9.17, 15) is 5.48 Å². The third kappa shape index (κ3) is 4.17. The Labute approximate surface area is 274 Å². The Balaban J connectivity index is 1.33. The van der Waals surface area contributed by atoms with Gasteiger partial charge in [0.2, 0.25) is 0 Å². The summed E-state index contributed by atoms with van der Waals surface area (Å²) in [5.41, 5.74) is 4.79. The molecule has 0 N–H and O–H groups in total. The maximum Gasteiger partial charge on any atom is 0.135 e. The topological polar surface area (TPSA) is 13.1 Å². The van der Waals surface area contributed by atoms with E-state index in [2.05, 4.69) is 0 Å². The van der Waals surface area contributed by atoms with Crippen molar-refractivity contribution in [3.8, 4) is 44.5 Å². The molecular formula is C44H28O. The molecule has 8 aromatic carbocycles. The van der Waals surface area contributed by atoms with Crippen LogP contribution in [0.15, 0.2) is 174 Å². The summed E-state index contributed by atoms with van der Waals surface area (Å²) in [5, 5.41) is 4.56. The first kappa shape index (κ1) is 18.0. The van der Waals surface area contributed by atoms with E-state index < -0.39 is 18.1 Å². The monoisotopic (exact) mass is 581 g/mol. The summed E-state index contributed by atoms with van der Waals surface area (Å²) < 4.78 is 86.0. The van der Waals surface area contributed by atoms with Crippen LogP contribution in [0.25, 0.3) is 88.0 Å². The molecule has 0 atom stereocenters. The molecule has 0 aliphatic heterocycles. The highest BCUT2D eigenvalue weighted by molar-refractivity contribution is 6.22. The molecule has 0 saturated heterocycles. The van der Waals surface area contributed by atoms with Crippen LogP contribution in [0.1, 0.15) is 12.3 Å². The van der Waals surface area contributed by atoms with E-state index in [-0.39, 0.29) is 52.9 Å². The smallest absolute Gasteiger partial charge is 0.135 e. The Bertz CT molecular complexity index is 2940. The van der Waals surface area contributed by atoms with Crippen molar-refractivity contribution in [2.24, 2.45) is 0 Å². The molecule has 210 valence electrons. The molecule has 1 nitrogen and oxygen atoms in total. The summed E-state index contributed by atoms with van der Waals surface area (Å²) in [4.78, 5) is 0. The maximum atomic E-state index is 9.44. The minimum absolute atomic E-state index is 0.0885. The highest BCUT2D eigenvalue weighted by atomic mass is 16.3. The van der Waals surface area contributed by atoms with Crippen LogP contribution >= 0.6 is 0 Å². The van der Waals surface area contributed by atoms with Crippen LogP contribution in [0.2, 0.25) is 0 Å². The Kier molecular flexibility index (Phi) is 4.15. The molecule has 0 saturated carbocycles. The molecule has 45 heavy (non-hydrogen) atoms. The Hall–Kier alpha value is -5.92. The molecule has 0 bridgehead atoms. The van der Waals surface area contributed by atoms with E-state index >= 15 is 0 Å². The van der Waals surface area contributed by atoms with Crippen LogP contribution in [0.4, 0.5) is 0 Å². The summed E-state index contributed by atoms with van der Waals surface area (Å²) in [6.07, 6.45) is 0. The van der Waals surface area contributed by atoms with Crippen LogP contribution in [0, 0.1) is 0 Å². The molecule has 0 spiro atoms. The van der Waals surface area contributed by atoms with Crippen molar-refractivity contribution in [1.29, 1.82) is 0 Å². The fourth-order valence-corrected chi connectivity index (χ4v) is 6.46. The van der Waals surface area contributed by atoms with E-state index in [0.29, 0.717) is 38.6 Å². The second-order valence-corrected chi connectivity index (χ2v) is 10.9. The summed E-state index contributed by atoms with van der Waals surface area (Å²) in [5.74, 6) is 0. The molecule has 9 rings (SSSR count). The standard InChI is InChI=1S/C44H28O/c1-2-12-30(13-3-1)33-14-4-5-16-35(33)44-38-19-8-6-17-36(38)43(37-18-7-9-20-39(37)44)31-24-22-29(23-25-31)32-26-27-42-40(28-32)34-15-10-11-21-41(34)45-42/h1-28H/i1D,2D,3D,12D,13D,22D,23D,24D,25D. The van der Waals surface area contributed by atoms with E-state index in [1.165, 1.54) is 0 Å². The van der Waals surface area contributed by atoms with Crippen LogP contribution in [0.5, 0.6) is 0 Å². The van der Waals surface area contributed by atoms with Gasteiger partial charge in [-0.05, 0) is 84.3 Å². The van der Waals surface area contributed by atoms with Gasteiger partial charge in [0.1, 0.15) is 11.2 Å². The average molecular weight is 582 g/mol. The number of fused-ring (bicyclic) bond motifs is 5. The number of para-hydroxylation sites is 1. The summed E-state index contributed by atoms with van der Waals surface area (Å²) in [7, 11) is 0. The van der Waals surface area contributed by atoms with Crippen LogP contribution in [0.3, 0.4) is 0 Å². The maximum absolute atomic E-state index is 9.44. The lowest BCUT2D eigenvalue weighted by Gasteiger charge is -2.19. The predicted octanol–water partition coefficient (Wildman–Crippen LogP) is 12.6. The Morgan fingerprint density at radius 3 is 1.58 bits per heavy atom. The third-order valence-corrected chi connectivity index (χ3v) is 8.44. The molecule has 0 amide bonds. The van der Waals surface area contributed by atoms with Crippen LogP contribution in [-0.4, -0.2) is 0 Å². The zero-order valence-electron chi connectivity index (χ0n) is 32.9. The third-order valence-electron chi connectivity index (χ3n) is 8.44. The van der Waals surface area contributed by atoms with E-state index in [1.807, 2.05) is 91.0 Å². The SMILES string of the molecule is [2H]c1c([2H])c([2H])c(-c2ccccc2-c2c3ccccc3c(-c3c([2H])c([2H])c(-c4ccc5oc6ccccc6c5c4)c([2H])c3[2H])c3ccccc23)c([2H])c1[2H]. The fourth-order valence-electron chi connectivity index (χ4n) is 6.46. The van der Waals surface area contributed by atoms with Gasteiger partial charge in [-0.3, -0.25) is 0 Å². The zero-order valence-corrected chi connectivity index (χ0v) is 23.9. The minimum atomic E-state index is -0.465. The van der Waals surface area contributed by atoms with Crippen molar-refractivity contribution in [2.75, 3.05) is 0 Å². The van der Waals surface area contributed by atoms with Gasteiger partial charge in [-0.25, -0.2) is 0 Å². The van der Waals surface area contributed by atoms with Gasteiger partial charge < -0.3 is 4.42 Å². The lowest BCUT2D eigenvalue weighted by Crippen LogP contribution is -1.92. The lowest BCUT2D eigenvalue weighted by atomic mass is 9.83. The Morgan fingerprint density at radius 1 is 0.356 bits per heavy atom. The Morgan fingerprint density at radius 2 is 0.889 bits per heavy atom. The fraction of sp³-hybridized carbons (Fsp3) is 0. The number of rotatable bonds is 4. The molecule has 0 unspecified atom stereocenters. The number of hydrogen-bond donors (Lipinski definition) is 0. The van der Waals surface area contributed by atoms with Crippen molar-refractivity contribution in [2.45, 2.75) is 0 Å². The van der Waals surface area contributed by atoms with Gasteiger partial charge in [0.05, 0.1) is 12.3 Å². The summed E-state index contributed by atoms with van der Waals surface area (Å²) in [6.45, 7) is 0. The second-order valence-electron chi connectivity index (χ2n) is 10.9. The van der Waals surface area contributed by atoms with E-state index in [4.69, 9.17) is 11.3 Å². The highest BCUT2D eigenvalue weighted by Gasteiger charge is 2.18. The molecule has 0 aliphatic rings. The summed E-state index contributed by atoms with van der Waals surface area (Å²) >= 11 is 0. The number of benzene rings is 8. The quantitative estimate of drug-likeness (QED) is 0.188. The van der Waals surface area contributed by atoms with Gasteiger partial charge in [-0.2, -0.15) is 0 Å². The van der Waals surface area contributed by atoms with Crippen LogP contribution in [-0.2, 0) is 0 Å².